The van der Waals surface area contributed by atoms with Gasteiger partial charge in [0.1, 0.15) is 12.6 Å². The van der Waals surface area contributed by atoms with E-state index < -0.39 is 23.3 Å². The molecule has 0 heterocycles. The van der Waals surface area contributed by atoms with Crippen LogP contribution in [0.5, 0.6) is 0 Å². The van der Waals surface area contributed by atoms with Crippen molar-refractivity contribution in [2.75, 3.05) is 0 Å². The molecule has 0 radical (unpaired) electrons. The molecule has 0 aliphatic carbocycles. The topological polar surface area (TPSA) is 97.5 Å². The Morgan fingerprint density at radius 3 is 2.41 bits per heavy atom. The van der Waals surface area contributed by atoms with Crippen molar-refractivity contribution >= 4 is 18.5 Å². The average molecular weight is 243 g/mol. The van der Waals surface area contributed by atoms with Crippen LogP contribution in [0.25, 0.3) is 0 Å². The predicted octanol–water partition coefficient (Wildman–Crippen LogP) is 0.999. The molecule has 98 valence electrons. The van der Waals surface area contributed by atoms with Crippen LogP contribution in [-0.4, -0.2) is 29.7 Å². The molecule has 3 unspecified atom stereocenters. The molecular formula is C12H21NO4. The van der Waals surface area contributed by atoms with Crippen molar-refractivity contribution in [2.24, 2.45) is 17.1 Å². The minimum Gasteiger partial charge on any atom is -0.481 e. The Morgan fingerprint density at radius 2 is 2.06 bits per heavy atom. The maximum Gasteiger partial charge on any atom is 0.311 e. The number of nitrogens with two attached hydrogens (primary N) is 1. The number of hydrogen-bond acceptors (Lipinski definition) is 4. The van der Waals surface area contributed by atoms with Gasteiger partial charge in [0.2, 0.25) is 0 Å². The van der Waals surface area contributed by atoms with Crippen LogP contribution in [0.1, 0.15) is 39.5 Å². The molecule has 0 bridgehead atoms. The normalized spacial score (nSPS) is 17.8. The van der Waals surface area contributed by atoms with E-state index in [0.29, 0.717) is 32.0 Å². The lowest BCUT2D eigenvalue weighted by Gasteiger charge is -2.35. The summed E-state index contributed by atoms with van der Waals surface area (Å²) in [6.45, 7) is 3.27. The molecule has 0 amide bonds. The van der Waals surface area contributed by atoms with Gasteiger partial charge in [0.15, 0.2) is 0 Å². The third-order valence-electron chi connectivity index (χ3n) is 3.44. The van der Waals surface area contributed by atoms with E-state index >= 15 is 0 Å². The maximum absolute atomic E-state index is 11.3. The van der Waals surface area contributed by atoms with Crippen molar-refractivity contribution in [1.29, 1.82) is 0 Å². The maximum atomic E-state index is 11.3. The van der Waals surface area contributed by atoms with Gasteiger partial charge >= 0.3 is 5.97 Å². The summed E-state index contributed by atoms with van der Waals surface area (Å²) in [6.07, 6.45) is 3.21. The molecular weight excluding hydrogens is 222 g/mol. The van der Waals surface area contributed by atoms with Gasteiger partial charge in [-0.1, -0.05) is 6.92 Å². The first-order valence-corrected chi connectivity index (χ1v) is 5.83. The number of hydrogen-bond donors (Lipinski definition) is 2. The van der Waals surface area contributed by atoms with E-state index in [1.54, 1.807) is 6.92 Å². The van der Waals surface area contributed by atoms with Gasteiger partial charge in [-0.15, -0.1) is 0 Å². The molecule has 0 aromatic carbocycles. The summed E-state index contributed by atoms with van der Waals surface area (Å²) in [5.41, 5.74) is 4.63. The van der Waals surface area contributed by atoms with Gasteiger partial charge in [-0.3, -0.25) is 4.79 Å². The van der Waals surface area contributed by atoms with Crippen molar-refractivity contribution in [1.82, 2.24) is 0 Å². The third kappa shape index (κ3) is 3.63. The zero-order valence-electron chi connectivity index (χ0n) is 10.4. The second kappa shape index (κ2) is 7.17. The summed E-state index contributed by atoms with van der Waals surface area (Å²) in [5.74, 6) is -1.67. The monoisotopic (exact) mass is 243 g/mol. The molecule has 0 spiro atoms. The Morgan fingerprint density at radius 1 is 1.47 bits per heavy atom. The van der Waals surface area contributed by atoms with Gasteiger partial charge in [-0.25, -0.2) is 0 Å². The molecule has 3 atom stereocenters. The van der Waals surface area contributed by atoms with E-state index in [0.717, 1.165) is 6.29 Å². The number of carbonyl (C=O) groups excluding carboxylic acids is 2. The standard InChI is InChI=1S/C12H21NO4/c1-3-9(8-15)12(2,11(16)17)10(13)6-4-5-7-14/h7-10H,3-6,13H2,1-2H3,(H,16,17). The fourth-order valence-electron chi connectivity index (χ4n) is 1.97. The summed E-state index contributed by atoms with van der Waals surface area (Å²) in [6, 6.07) is -0.630. The fraction of sp³-hybridized carbons (Fsp3) is 0.750. The van der Waals surface area contributed by atoms with Crippen LogP contribution in [0.3, 0.4) is 0 Å². The summed E-state index contributed by atoms with van der Waals surface area (Å²) < 4.78 is 0. The molecule has 17 heavy (non-hydrogen) atoms. The molecule has 0 aliphatic rings. The van der Waals surface area contributed by atoms with E-state index in [2.05, 4.69) is 0 Å². The summed E-state index contributed by atoms with van der Waals surface area (Å²) >= 11 is 0. The van der Waals surface area contributed by atoms with Crippen LogP contribution >= 0.6 is 0 Å². The molecule has 0 rings (SSSR count). The van der Waals surface area contributed by atoms with Crippen molar-refractivity contribution < 1.29 is 19.5 Å². The predicted molar refractivity (Wildman–Crippen MR) is 63.5 cm³/mol. The highest BCUT2D eigenvalue weighted by atomic mass is 16.4. The quantitative estimate of drug-likeness (QED) is 0.465. The number of carbonyl (C=O) groups is 3. The van der Waals surface area contributed by atoms with Crippen LogP contribution in [0.4, 0.5) is 0 Å². The second-order valence-electron chi connectivity index (χ2n) is 4.44. The molecule has 0 fully saturated rings. The zero-order valence-corrected chi connectivity index (χ0v) is 10.4. The summed E-state index contributed by atoms with van der Waals surface area (Å²) in [7, 11) is 0. The number of aliphatic carboxylic acids is 1. The lowest BCUT2D eigenvalue weighted by molar-refractivity contribution is -0.155. The highest BCUT2D eigenvalue weighted by molar-refractivity contribution is 5.80. The van der Waals surface area contributed by atoms with Gasteiger partial charge in [-0.2, -0.15) is 0 Å². The minimum absolute atomic E-state index is 0.362. The molecule has 0 aromatic rings. The lowest BCUT2D eigenvalue weighted by Crippen LogP contribution is -2.50. The van der Waals surface area contributed by atoms with Crippen LogP contribution in [0.15, 0.2) is 0 Å². The van der Waals surface area contributed by atoms with Crippen molar-refractivity contribution in [2.45, 2.75) is 45.6 Å². The first-order valence-electron chi connectivity index (χ1n) is 5.83. The van der Waals surface area contributed by atoms with E-state index in [1.807, 2.05) is 0 Å². The highest BCUT2D eigenvalue weighted by Gasteiger charge is 2.45. The van der Waals surface area contributed by atoms with Crippen molar-refractivity contribution in [3.63, 3.8) is 0 Å². The van der Waals surface area contributed by atoms with Crippen molar-refractivity contribution in [3.8, 4) is 0 Å². The van der Waals surface area contributed by atoms with E-state index in [1.165, 1.54) is 6.92 Å². The summed E-state index contributed by atoms with van der Waals surface area (Å²) in [5, 5.41) is 9.28. The van der Waals surface area contributed by atoms with E-state index in [4.69, 9.17) is 5.73 Å². The smallest absolute Gasteiger partial charge is 0.311 e. The van der Waals surface area contributed by atoms with Gasteiger partial charge in [0, 0.05) is 18.4 Å². The molecule has 5 heteroatoms. The van der Waals surface area contributed by atoms with Crippen LogP contribution in [0, 0.1) is 11.3 Å². The Balaban J connectivity index is 4.85. The average Bonchev–Trinajstić information content (AvgIpc) is 2.30. The largest absolute Gasteiger partial charge is 0.481 e. The van der Waals surface area contributed by atoms with Gasteiger partial charge in [0.05, 0.1) is 5.41 Å². The fourth-order valence-corrected chi connectivity index (χ4v) is 1.97. The van der Waals surface area contributed by atoms with Gasteiger partial charge in [-0.05, 0) is 26.2 Å². The molecule has 0 saturated heterocycles. The molecule has 0 aromatic heterocycles. The number of rotatable bonds is 9. The van der Waals surface area contributed by atoms with Gasteiger partial charge < -0.3 is 20.4 Å². The van der Waals surface area contributed by atoms with E-state index in [9.17, 15) is 19.5 Å². The minimum atomic E-state index is -1.26. The third-order valence-corrected chi connectivity index (χ3v) is 3.44. The first-order chi connectivity index (χ1) is 7.94. The molecule has 5 nitrogen and oxygen atoms in total. The second-order valence-corrected chi connectivity index (χ2v) is 4.44. The first kappa shape index (κ1) is 15.8. The van der Waals surface area contributed by atoms with Crippen molar-refractivity contribution in [3.05, 3.63) is 0 Å². The van der Waals surface area contributed by atoms with Crippen LogP contribution in [0.2, 0.25) is 0 Å². The number of carboxylic acids is 1. The van der Waals surface area contributed by atoms with Gasteiger partial charge in [0.25, 0.3) is 0 Å². The number of unbranched alkanes of at least 4 members (excludes halogenated alkanes) is 1. The molecule has 0 saturated carbocycles. The Hall–Kier alpha value is -1.23. The highest BCUT2D eigenvalue weighted by Crippen LogP contribution is 2.34. The summed E-state index contributed by atoms with van der Waals surface area (Å²) in [4.78, 5) is 32.5. The zero-order chi connectivity index (χ0) is 13.5. The Kier molecular flexibility index (Phi) is 6.65. The number of carboxylic acid groups (broad SMARTS) is 1. The van der Waals surface area contributed by atoms with Crippen LogP contribution < -0.4 is 5.73 Å². The number of aldehydes is 2. The van der Waals surface area contributed by atoms with E-state index in [-0.39, 0.29) is 0 Å². The van der Waals surface area contributed by atoms with Crippen LogP contribution in [-0.2, 0) is 14.4 Å². The molecule has 0 aliphatic heterocycles. The lowest BCUT2D eigenvalue weighted by atomic mass is 9.69. The SMILES string of the molecule is CCC(C=O)C(C)(C(=O)O)C(N)CCCC=O. The Labute approximate surface area is 101 Å². The molecule has 3 N–H and O–H groups in total. The Bertz CT molecular complexity index is 280.